The Labute approximate surface area is 299 Å². The highest BCUT2D eigenvalue weighted by Crippen LogP contribution is 2.64. The molecule has 0 aliphatic heterocycles. The lowest BCUT2D eigenvalue weighted by Crippen LogP contribution is -2.25. The van der Waals surface area contributed by atoms with Crippen molar-refractivity contribution in [3.63, 3.8) is 0 Å². The minimum Gasteiger partial charge on any atom is -0.277 e. The van der Waals surface area contributed by atoms with Crippen LogP contribution in [0.2, 0.25) is 0 Å². The zero-order valence-corrected chi connectivity index (χ0v) is 27.8. The van der Waals surface area contributed by atoms with E-state index in [0.717, 1.165) is 32.9 Å². The summed E-state index contributed by atoms with van der Waals surface area (Å²) in [5.74, 6) is 1.67. The number of hydrogen-bond acceptors (Lipinski definition) is 4. The molecule has 2 aliphatic carbocycles. The minimum atomic E-state index is -0.476. The van der Waals surface area contributed by atoms with Crippen LogP contribution in [0.25, 0.3) is 72.8 Å². The molecular weight excluding hydrogens is 635 g/mol. The Morgan fingerprint density at radius 3 is 1.69 bits per heavy atom. The summed E-state index contributed by atoms with van der Waals surface area (Å²) in [7, 11) is 0. The summed E-state index contributed by atoms with van der Waals surface area (Å²) in [6, 6.07) is 59.6. The first-order chi connectivity index (χ1) is 25.8. The van der Waals surface area contributed by atoms with Gasteiger partial charge in [0.1, 0.15) is 0 Å². The number of rotatable bonds is 3. The molecule has 0 bridgehead atoms. The lowest BCUT2D eigenvalue weighted by Gasteiger charge is -2.30. The predicted molar refractivity (Wildman–Crippen MR) is 206 cm³/mol. The lowest BCUT2D eigenvalue weighted by atomic mass is 9.70. The summed E-state index contributed by atoms with van der Waals surface area (Å²) in [6.07, 6.45) is 0. The van der Waals surface area contributed by atoms with Gasteiger partial charge in [0.2, 0.25) is 5.95 Å². The molecule has 0 atom stereocenters. The highest BCUT2D eigenvalue weighted by Gasteiger charge is 2.52. The van der Waals surface area contributed by atoms with E-state index in [-0.39, 0.29) is 0 Å². The van der Waals surface area contributed by atoms with Gasteiger partial charge in [0, 0.05) is 27.5 Å². The summed E-state index contributed by atoms with van der Waals surface area (Å²) >= 11 is 0. The Bertz CT molecular complexity index is 2920. The summed E-state index contributed by atoms with van der Waals surface area (Å²) in [6.45, 7) is 0. The van der Waals surface area contributed by atoms with Crippen LogP contribution in [-0.2, 0) is 5.41 Å². The summed E-state index contributed by atoms with van der Waals surface area (Å²) in [4.78, 5) is 15.5. The monoisotopic (exact) mass is 661 g/mol. The molecule has 9 aromatic rings. The van der Waals surface area contributed by atoms with E-state index in [1.54, 1.807) is 0 Å². The molecular formula is C47H27N5. The maximum absolute atomic E-state index is 9.50. The van der Waals surface area contributed by atoms with E-state index >= 15 is 0 Å². The van der Waals surface area contributed by atoms with Crippen molar-refractivity contribution in [1.82, 2.24) is 19.5 Å². The highest BCUT2D eigenvalue weighted by atomic mass is 15.2. The van der Waals surface area contributed by atoms with Gasteiger partial charge < -0.3 is 0 Å². The number of nitrogens with zero attached hydrogens (tertiary/aromatic N) is 5. The fourth-order valence-electron chi connectivity index (χ4n) is 8.84. The fraction of sp³-hybridized carbons (Fsp3) is 0.0213. The third-order valence-electron chi connectivity index (χ3n) is 10.9. The minimum absolute atomic E-state index is 0.476. The predicted octanol–water partition coefficient (Wildman–Crippen LogP) is 10.5. The molecule has 0 N–H and O–H groups in total. The molecule has 52 heavy (non-hydrogen) atoms. The average molecular weight is 662 g/mol. The van der Waals surface area contributed by atoms with Gasteiger partial charge >= 0.3 is 0 Å². The second kappa shape index (κ2) is 10.7. The molecule has 2 heterocycles. The van der Waals surface area contributed by atoms with Crippen LogP contribution < -0.4 is 0 Å². The first kappa shape index (κ1) is 28.7. The standard InChI is InChI=1S/C47H27N5/c48-28-29-22-24-31(25-23-29)45-49-44(30-12-2-1-3-13-30)50-46(51-45)52-41-21-11-7-16-34(41)35-26-27-40-42(43(35)52)36-17-6-10-20-39(36)47(40)37-18-8-4-14-32(37)33-15-5-9-19-38(33)47/h1-27H. The van der Waals surface area contributed by atoms with Crippen LogP contribution >= 0.6 is 0 Å². The maximum atomic E-state index is 9.50. The van der Waals surface area contributed by atoms with E-state index in [0.29, 0.717) is 23.2 Å². The normalized spacial score (nSPS) is 13.1. The van der Waals surface area contributed by atoms with E-state index in [2.05, 4.69) is 120 Å². The summed E-state index contributed by atoms with van der Waals surface area (Å²) in [5, 5.41) is 11.8. The topological polar surface area (TPSA) is 67.4 Å². The van der Waals surface area contributed by atoms with Gasteiger partial charge in [0.15, 0.2) is 11.6 Å². The third kappa shape index (κ3) is 3.73. The van der Waals surface area contributed by atoms with Crippen molar-refractivity contribution >= 4 is 21.8 Å². The van der Waals surface area contributed by atoms with Crippen LogP contribution in [0.15, 0.2) is 164 Å². The van der Waals surface area contributed by atoms with Gasteiger partial charge in [-0.25, -0.2) is 4.98 Å². The van der Waals surface area contributed by atoms with E-state index in [1.807, 2.05) is 54.6 Å². The molecule has 0 amide bonds. The van der Waals surface area contributed by atoms with Crippen LogP contribution in [0.3, 0.4) is 0 Å². The number of hydrogen-bond donors (Lipinski definition) is 0. The Hall–Kier alpha value is -7.16. The molecule has 5 nitrogen and oxygen atoms in total. The van der Waals surface area contributed by atoms with Gasteiger partial charge in [0.25, 0.3) is 0 Å². The van der Waals surface area contributed by atoms with E-state index in [9.17, 15) is 5.26 Å². The second-order valence-corrected chi connectivity index (χ2v) is 13.5. The van der Waals surface area contributed by atoms with Crippen molar-refractivity contribution in [2.24, 2.45) is 0 Å². The zero-order valence-electron chi connectivity index (χ0n) is 27.8. The van der Waals surface area contributed by atoms with Crippen LogP contribution in [0.4, 0.5) is 0 Å². The summed E-state index contributed by atoms with van der Waals surface area (Å²) < 4.78 is 2.24. The number of benzene rings is 7. The fourth-order valence-corrected chi connectivity index (χ4v) is 8.84. The van der Waals surface area contributed by atoms with Crippen LogP contribution in [0.5, 0.6) is 0 Å². The Balaban J connectivity index is 1.29. The van der Waals surface area contributed by atoms with Crippen LogP contribution in [0.1, 0.15) is 27.8 Å². The van der Waals surface area contributed by atoms with E-state index in [1.165, 1.54) is 44.5 Å². The average Bonchev–Trinajstić information content (AvgIpc) is 3.83. The third-order valence-corrected chi connectivity index (χ3v) is 10.9. The van der Waals surface area contributed by atoms with Gasteiger partial charge in [-0.1, -0.05) is 133 Å². The SMILES string of the molecule is N#Cc1ccc(-c2nc(-c3ccccc3)nc(-n3c4ccccc4c4ccc5c(c43)-c3ccccc3C53c4ccccc4-c4ccccc43)n2)cc1. The number of fused-ring (bicyclic) bond motifs is 14. The van der Waals surface area contributed by atoms with Crippen molar-refractivity contribution in [1.29, 1.82) is 5.26 Å². The molecule has 0 radical (unpaired) electrons. The van der Waals surface area contributed by atoms with Gasteiger partial charge in [-0.05, 0) is 69.3 Å². The summed E-state index contributed by atoms with van der Waals surface area (Å²) in [5.41, 5.74) is 14.0. The van der Waals surface area contributed by atoms with Crippen molar-refractivity contribution in [3.8, 4) is 57.0 Å². The molecule has 240 valence electrons. The molecule has 11 rings (SSSR count). The largest absolute Gasteiger partial charge is 0.277 e. The maximum Gasteiger partial charge on any atom is 0.238 e. The van der Waals surface area contributed by atoms with Crippen molar-refractivity contribution in [2.45, 2.75) is 5.41 Å². The smallest absolute Gasteiger partial charge is 0.238 e. The first-order valence-electron chi connectivity index (χ1n) is 17.4. The van der Waals surface area contributed by atoms with E-state index < -0.39 is 5.41 Å². The molecule has 0 unspecified atom stereocenters. The van der Waals surface area contributed by atoms with Gasteiger partial charge in [-0.15, -0.1) is 0 Å². The highest BCUT2D eigenvalue weighted by molar-refractivity contribution is 6.16. The second-order valence-electron chi connectivity index (χ2n) is 13.5. The molecule has 0 saturated carbocycles. The number of para-hydroxylation sites is 1. The molecule has 0 saturated heterocycles. The quantitative estimate of drug-likeness (QED) is 0.189. The first-order valence-corrected chi connectivity index (χ1v) is 17.4. The number of aromatic nitrogens is 4. The molecule has 7 aromatic carbocycles. The van der Waals surface area contributed by atoms with Gasteiger partial charge in [-0.2, -0.15) is 15.2 Å². The van der Waals surface area contributed by atoms with Gasteiger partial charge in [0.05, 0.1) is 28.1 Å². The molecule has 2 aromatic heterocycles. The zero-order chi connectivity index (χ0) is 34.4. The van der Waals surface area contributed by atoms with Crippen LogP contribution in [-0.4, -0.2) is 19.5 Å². The molecule has 5 heteroatoms. The Morgan fingerprint density at radius 1 is 0.462 bits per heavy atom. The number of nitriles is 1. The lowest BCUT2D eigenvalue weighted by molar-refractivity contribution is 0.794. The Kier molecular flexibility index (Phi) is 5.88. The van der Waals surface area contributed by atoms with Crippen molar-refractivity contribution < 1.29 is 0 Å². The van der Waals surface area contributed by atoms with E-state index in [4.69, 9.17) is 15.0 Å². The van der Waals surface area contributed by atoms with Crippen LogP contribution in [0, 0.1) is 11.3 Å². The van der Waals surface area contributed by atoms with Crippen molar-refractivity contribution in [2.75, 3.05) is 0 Å². The Morgan fingerprint density at radius 2 is 1.02 bits per heavy atom. The van der Waals surface area contributed by atoms with Crippen molar-refractivity contribution in [3.05, 3.63) is 192 Å². The molecule has 1 spiro atoms. The molecule has 0 fully saturated rings. The van der Waals surface area contributed by atoms with Gasteiger partial charge in [-0.3, -0.25) is 4.57 Å². The molecule has 2 aliphatic rings.